The fraction of sp³-hybridized carbons (Fsp3) is 0.182. The number of imidazole rings is 1. The van der Waals surface area contributed by atoms with Crippen LogP contribution in [-0.2, 0) is 0 Å². The van der Waals surface area contributed by atoms with Crippen LogP contribution in [0.25, 0.3) is 28.1 Å². The number of H-pyrrole nitrogens is 1. The van der Waals surface area contributed by atoms with Crippen molar-refractivity contribution in [2.75, 3.05) is 0 Å². The Morgan fingerprint density at radius 3 is 2.50 bits per heavy atom. The number of rotatable bonds is 3. The van der Waals surface area contributed by atoms with Gasteiger partial charge in [-0.3, -0.25) is 9.36 Å². The molecule has 0 saturated carbocycles. The highest BCUT2D eigenvalue weighted by Gasteiger charge is 2.14. The molecule has 0 radical (unpaired) electrons. The van der Waals surface area contributed by atoms with E-state index < -0.39 is 0 Å². The second kappa shape index (κ2) is 7.15. The minimum atomic E-state index is -0.106. The quantitative estimate of drug-likeness (QED) is 0.427. The first kappa shape index (κ1) is 18.8. The SMILES string of the molecule is CC(C)(C)Sc1ccc2nc(-c3ccc(=O)n(-c4ccc(Cl)cc4)c3)[nH]c2c1. The lowest BCUT2D eigenvalue weighted by molar-refractivity contribution is 0.803. The number of nitrogens with zero attached hydrogens (tertiary/aromatic N) is 2. The molecule has 2 aromatic carbocycles. The highest BCUT2D eigenvalue weighted by atomic mass is 35.5. The molecule has 0 amide bonds. The van der Waals surface area contributed by atoms with Crippen LogP contribution in [0.15, 0.2) is 70.5 Å². The van der Waals surface area contributed by atoms with Crippen LogP contribution in [-0.4, -0.2) is 19.3 Å². The Labute approximate surface area is 172 Å². The van der Waals surface area contributed by atoms with Gasteiger partial charge in [-0.15, -0.1) is 11.8 Å². The van der Waals surface area contributed by atoms with E-state index in [1.807, 2.05) is 30.0 Å². The summed E-state index contributed by atoms with van der Waals surface area (Å²) in [6.45, 7) is 6.58. The fourth-order valence-corrected chi connectivity index (χ4v) is 4.12. The molecule has 4 rings (SSSR count). The van der Waals surface area contributed by atoms with E-state index in [4.69, 9.17) is 16.6 Å². The van der Waals surface area contributed by atoms with Crippen LogP contribution in [0.3, 0.4) is 0 Å². The molecule has 0 spiro atoms. The van der Waals surface area contributed by atoms with Crippen molar-refractivity contribution in [1.82, 2.24) is 14.5 Å². The van der Waals surface area contributed by atoms with Gasteiger partial charge >= 0.3 is 0 Å². The zero-order valence-electron chi connectivity index (χ0n) is 15.9. The Balaban J connectivity index is 1.74. The highest BCUT2D eigenvalue weighted by molar-refractivity contribution is 8.00. The predicted octanol–water partition coefficient (Wildman–Crippen LogP) is 5.92. The smallest absolute Gasteiger partial charge is 0.255 e. The first-order chi connectivity index (χ1) is 13.3. The largest absolute Gasteiger partial charge is 0.338 e. The number of halogens is 1. The molecule has 142 valence electrons. The van der Waals surface area contributed by atoms with E-state index in [9.17, 15) is 4.79 Å². The normalized spacial score (nSPS) is 11.9. The molecule has 0 aliphatic carbocycles. The minimum Gasteiger partial charge on any atom is -0.338 e. The Hall–Kier alpha value is -2.50. The summed E-state index contributed by atoms with van der Waals surface area (Å²) in [5.41, 5.74) is 3.38. The zero-order chi connectivity index (χ0) is 19.9. The summed E-state index contributed by atoms with van der Waals surface area (Å²) in [7, 11) is 0. The molecule has 2 heterocycles. The average Bonchev–Trinajstić information content (AvgIpc) is 3.05. The Bertz CT molecular complexity index is 1200. The molecule has 28 heavy (non-hydrogen) atoms. The molecule has 0 fully saturated rings. The van der Waals surface area contributed by atoms with E-state index in [0.29, 0.717) is 5.02 Å². The molecular weight excluding hydrogens is 390 g/mol. The summed E-state index contributed by atoms with van der Waals surface area (Å²) in [6, 6.07) is 16.8. The topological polar surface area (TPSA) is 50.7 Å². The minimum absolute atomic E-state index is 0.106. The lowest BCUT2D eigenvalue weighted by Crippen LogP contribution is -2.16. The number of hydrogen-bond acceptors (Lipinski definition) is 3. The van der Waals surface area contributed by atoms with Crippen LogP contribution >= 0.6 is 23.4 Å². The first-order valence-corrected chi connectivity index (χ1v) is 10.2. The maximum Gasteiger partial charge on any atom is 0.255 e. The molecule has 0 aliphatic rings. The number of nitrogens with one attached hydrogen (secondary N) is 1. The van der Waals surface area contributed by atoms with Crippen molar-refractivity contribution in [2.24, 2.45) is 0 Å². The molecule has 2 aromatic heterocycles. The first-order valence-electron chi connectivity index (χ1n) is 8.96. The van der Waals surface area contributed by atoms with E-state index in [1.165, 1.54) is 4.90 Å². The van der Waals surface area contributed by atoms with Crippen molar-refractivity contribution in [3.05, 3.63) is 76.2 Å². The van der Waals surface area contributed by atoms with Gasteiger partial charge in [0.25, 0.3) is 5.56 Å². The van der Waals surface area contributed by atoms with Crippen LogP contribution in [0.2, 0.25) is 5.02 Å². The summed E-state index contributed by atoms with van der Waals surface area (Å²) in [6.07, 6.45) is 1.80. The van der Waals surface area contributed by atoms with Gasteiger partial charge in [-0.05, 0) is 48.5 Å². The van der Waals surface area contributed by atoms with Gasteiger partial charge in [0.15, 0.2) is 0 Å². The molecule has 0 aliphatic heterocycles. The number of thioether (sulfide) groups is 1. The molecule has 4 nitrogen and oxygen atoms in total. The second-order valence-electron chi connectivity index (χ2n) is 7.58. The Morgan fingerprint density at radius 1 is 1.04 bits per heavy atom. The third-order valence-electron chi connectivity index (χ3n) is 4.17. The summed E-state index contributed by atoms with van der Waals surface area (Å²) >= 11 is 7.78. The van der Waals surface area contributed by atoms with Gasteiger partial charge in [-0.1, -0.05) is 32.4 Å². The van der Waals surface area contributed by atoms with Crippen LogP contribution in [0.1, 0.15) is 20.8 Å². The Kier molecular flexibility index (Phi) is 4.81. The van der Waals surface area contributed by atoms with Crippen LogP contribution in [0.5, 0.6) is 0 Å². The van der Waals surface area contributed by atoms with Crippen LogP contribution in [0, 0.1) is 0 Å². The third kappa shape index (κ3) is 4.01. The summed E-state index contributed by atoms with van der Waals surface area (Å²) in [5, 5.41) is 0.633. The van der Waals surface area contributed by atoms with E-state index in [-0.39, 0.29) is 10.3 Å². The maximum absolute atomic E-state index is 12.3. The number of pyridine rings is 1. The Morgan fingerprint density at radius 2 is 1.79 bits per heavy atom. The highest BCUT2D eigenvalue weighted by Crippen LogP contribution is 2.33. The van der Waals surface area contributed by atoms with Gasteiger partial charge in [0.2, 0.25) is 0 Å². The van der Waals surface area contributed by atoms with Crippen molar-refractivity contribution in [3.63, 3.8) is 0 Å². The van der Waals surface area contributed by atoms with Gasteiger partial charge in [-0.2, -0.15) is 0 Å². The summed E-state index contributed by atoms with van der Waals surface area (Å²) in [4.78, 5) is 21.6. The molecule has 0 atom stereocenters. The standard InChI is InChI=1S/C22H20ClN3OS/c1-22(2,3)28-17-9-10-18-19(12-17)25-21(24-18)14-4-11-20(27)26(13-14)16-7-5-15(23)6-8-16/h4-13H,1-3H3,(H,24,25). The fourth-order valence-electron chi connectivity index (χ4n) is 2.97. The molecule has 6 heteroatoms. The lowest BCUT2D eigenvalue weighted by Gasteiger charge is -2.17. The molecule has 0 saturated heterocycles. The van der Waals surface area contributed by atoms with Crippen molar-refractivity contribution in [2.45, 2.75) is 30.4 Å². The monoisotopic (exact) mass is 409 g/mol. The summed E-state index contributed by atoms with van der Waals surface area (Å²) < 4.78 is 1.74. The third-order valence-corrected chi connectivity index (χ3v) is 5.52. The molecular formula is C22H20ClN3OS. The van der Waals surface area contributed by atoms with E-state index in [0.717, 1.165) is 28.1 Å². The van der Waals surface area contributed by atoms with Crippen molar-refractivity contribution in [1.29, 1.82) is 0 Å². The zero-order valence-corrected chi connectivity index (χ0v) is 17.4. The molecule has 0 bridgehead atoms. The van der Waals surface area contributed by atoms with E-state index in [2.05, 4.69) is 37.9 Å². The van der Waals surface area contributed by atoms with Gasteiger partial charge in [-0.25, -0.2) is 4.98 Å². The van der Waals surface area contributed by atoms with Gasteiger partial charge in [0.05, 0.1) is 11.0 Å². The van der Waals surface area contributed by atoms with Crippen molar-refractivity contribution < 1.29 is 0 Å². The number of benzene rings is 2. The molecule has 4 aromatic rings. The second-order valence-corrected chi connectivity index (χ2v) is 9.92. The lowest BCUT2D eigenvalue weighted by atomic mass is 10.2. The van der Waals surface area contributed by atoms with Gasteiger partial charge in [0, 0.05) is 38.2 Å². The number of aromatic amines is 1. The number of hydrogen-bond donors (Lipinski definition) is 1. The average molecular weight is 410 g/mol. The molecule has 1 N–H and O–H groups in total. The van der Waals surface area contributed by atoms with E-state index >= 15 is 0 Å². The van der Waals surface area contributed by atoms with Crippen molar-refractivity contribution in [3.8, 4) is 17.1 Å². The van der Waals surface area contributed by atoms with Gasteiger partial charge in [0.1, 0.15) is 5.82 Å². The number of fused-ring (bicyclic) bond motifs is 1. The number of aromatic nitrogens is 3. The van der Waals surface area contributed by atoms with Gasteiger partial charge < -0.3 is 4.98 Å². The molecule has 0 unspecified atom stereocenters. The van der Waals surface area contributed by atoms with Crippen LogP contribution in [0.4, 0.5) is 0 Å². The maximum atomic E-state index is 12.3. The van der Waals surface area contributed by atoms with E-state index in [1.54, 1.807) is 35.0 Å². The van der Waals surface area contributed by atoms with Crippen molar-refractivity contribution >= 4 is 34.4 Å². The van der Waals surface area contributed by atoms with Crippen LogP contribution < -0.4 is 5.56 Å². The summed E-state index contributed by atoms with van der Waals surface area (Å²) in [5.74, 6) is 0.732. The predicted molar refractivity (Wildman–Crippen MR) is 118 cm³/mol.